The number of nitrogen functional groups attached to an aromatic ring is 1. The number of nitriles is 1. The van der Waals surface area contributed by atoms with E-state index in [1.807, 2.05) is 18.2 Å². The zero-order valence-electron chi connectivity index (χ0n) is 13.4. The zero-order valence-corrected chi connectivity index (χ0v) is 14.2. The Balaban J connectivity index is 2.42. The van der Waals surface area contributed by atoms with Crippen LogP contribution in [0, 0.1) is 17.1 Å². The van der Waals surface area contributed by atoms with Gasteiger partial charge in [-0.25, -0.2) is 4.39 Å². The summed E-state index contributed by atoms with van der Waals surface area (Å²) in [6.07, 6.45) is 0. The van der Waals surface area contributed by atoms with Gasteiger partial charge in [-0.2, -0.15) is 5.26 Å². The molecule has 3 N–H and O–H groups in total. The van der Waals surface area contributed by atoms with Gasteiger partial charge in [-0.1, -0.05) is 30.1 Å². The fraction of sp³-hybridized carbons (Fsp3) is 0.278. The van der Waals surface area contributed by atoms with Crippen LogP contribution in [0.1, 0.15) is 43.5 Å². The van der Waals surface area contributed by atoms with E-state index in [2.05, 4.69) is 31.6 Å². The second-order valence-electron chi connectivity index (χ2n) is 6.28. The summed E-state index contributed by atoms with van der Waals surface area (Å²) in [6, 6.07) is 14.1. The third-order valence-corrected chi connectivity index (χ3v) is 4.15. The number of benzene rings is 2. The van der Waals surface area contributed by atoms with E-state index < -0.39 is 5.82 Å². The standard InChI is InChI=1S/C18H20FN3S/c1-18(2,3)23-22-17(13-6-4-5-12(9-13)11-20)14-7-8-15(19)16(21)10-14/h4-10,17,22H,21H2,1-3H3. The summed E-state index contributed by atoms with van der Waals surface area (Å²) in [7, 11) is 0. The van der Waals surface area contributed by atoms with Gasteiger partial charge < -0.3 is 5.73 Å². The highest BCUT2D eigenvalue weighted by molar-refractivity contribution is 7.98. The minimum Gasteiger partial charge on any atom is -0.396 e. The minimum atomic E-state index is -0.429. The lowest BCUT2D eigenvalue weighted by atomic mass is 9.98. The van der Waals surface area contributed by atoms with Crippen LogP contribution < -0.4 is 10.5 Å². The molecule has 0 saturated carbocycles. The van der Waals surface area contributed by atoms with E-state index in [1.54, 1.807) is 30.1 Å². The van der Waals surface area contributed by atoms with Crippen molar-refractivity contribution in [2.24, 2.45) is 0 Å². The van der Waals surface area contributed by atoms with Crippen LogP contribution in [0.4, 0.5) is 10.1 Å². The molecule has 1 atom stereocenters. The Hall–Kier alpha value is -2.03. The average molecular weight is 329 g/mol. The fourth-order valence-electron chi connectivity index (χ4n) is 2.09. The van der Waals surface area contributed by atoms with Gasteiger partial charge in [0.1, 0.15) is 5.82 Å². The Bertz CT molecular complexity index is 732. The van der Waals surface area contributed by atoms with Gasteiger partial charge in [0.05, 0.1) is 23.4 Å². The Morgan fingerprint density at radius 2 is 1.87 bits per heavy atom. The van der Waals surface area contributed by atoms with Crippen LogP contribution in [0.2, 0.25) is 0 Å². The number of nitrogens with one attached hydrogen (secondary N) is 1. The third kappa shape index (κ3) is 4.72. The van der Waals surface area contributed by atoms with Gasteiger partial charge in [0.25, 0.3) is 0 Å². The Labute approximate surface area is 140 Å². The summed E-state index contributed by atoms with van der Waals surface area (Å²) in [4.78, 5) is 0. The van der Waals surface area contributed by atoms with Gasteiger partial charge >= 0.3 is 0 Å². The smallest absolute Gasteiger partial charge is 0.146 e. The van der Waals surface area contributed by atoms with Crippen LogP contribution >= 0.6 is 11.9 Å². The second kappa shape index (κ2) is 7.03. The quantitative estimate of drug-likeness (QED) is 0.644. The molecule has 1 unspecified atom stereocenters. The van der Waals surface area contributed by atoms with E-state index in [4.69, 9.17) is 11.0 Å². The van der Waals surface area contributed by atoms with Crippen molar-refractivity contribution in [3.8, 4) is 6.07 Å². The molecule has 0 bridgehead atoms. The van der Waals surface area contributed by atoms with E-state index >= 15 is 0 Å². The van der Waals surface area contributed by atoms with Crippen molar-refractivity contribution in [2.75, 3.05) is 5.73 Å². The summed E-state index contributed by atoms with van der Waals surface area (Å²) in [5.41, 5.74) is 8.21. The summed E-state index contributed by atoms with van der Waals surface area (Å²) in [6.45, 7) is 6.31. The molecule has 0 aliphatic heterocycles. The molecule has 0 fully saturated rings. The molecule has 0 aliphatic carbocycles. The number of hydrogen-bond donors (Lipinski definition) is 2. The fourth-order valence-corrected chi connectivity index (χ4v) is 2.84. The van der Waals surface area contributed by atoms with Crippen molar-refractivity contribution in [1.29, 1.82) is 5.26 Å². The SMILES string of the molecule is CC(C)(C)SNC(c1cccc(C#N)c1)c1ccc(F)c(N)c1. The van der Waals surface area contributed by atoms with Gasteiger partial charge in [0.15, 0.2) is 0 Å². The van der Waals surface area contributed by atoms with E-state index in [0.717, 1.165) is 11.1 Å². The first-order chi connectivity index (χ1) is 10.8. The molecule has 0 aromatic heterocycles. The number of halogens is 1. The predicted octanol–water partition coefficient (Wildman–Crippen LogP) is 4.41. The molecule has 2 rings (SSSR count). The molecule has 3 nitrogen and oxygen atoms in total. The molecule has 0 amide bonds. The lowest BCUT2D eigenvalue weighted by Crippen LogP contribution is -2.23. The molecule has 0 heterocycles. The summed E-state index contributed by atoms with van der Waals surface area (Å²) in [5, 5.41) is 9.11. The average Bonchev–Trinajstić information content (AvgIpc) is 2.50. The topological polar surface area (TPSA) is 61.8 Å². The van der Waals surface area contributed by atoms with Crippen molar-refractivity contribution < 1.29 is 4.39 Å². The number of rotatable bonds is 4. The van der Waals surface area contributed by atoms with Crippen LogP contribution in [0.25, 0.3) is 0 Å². The second-order valence-corrected chi connectivity index (χ2v) is 7.95. The van der Waals surface area contributed by atoms with Gasteiger partial charge in [-0.05, 0) is 56.2 Å². The van der Waals surface area contributed by atoms with Crippen molar-refractivity contribution in [3.05, 3.63) is 65.0 Å². The maximum Gasteiger partial charge on any atom is 0.146 e. The molecule has 0 spiro atoms. The molecular weight excluding hydrogens is 309 g/mol. The number of nitrogens with zero attached hydrogens (tertiary/aromatic N) is 1. The molecule has 0 saturated heterocycles. The van der Waals surface area contributed by atoms with Crippen molar-refractivity contribution in [3.63, 3.8) is 0 Å². The summed E-state index contributed by atoms with van der Waals surface area (Å²) in [5.74, 6) is -0.429. The molecule has 2 aromatic carbocycles. The van der Waals surface area contributed by atoms with Crippen molar-refractivity contribution >= 4 is 17.6 Å². The molecule has 5 heteroatoms. The maximum atomic E-state index is 13.5. The molecule has 23 heavy (non-hydrogen) atoms. The monoisotopic (exact) mass is 329 g/mol. The first kappa shape index (κ1) is 17.3. The van der Waals surface area contributed by atoms with Gasteiger partial charge in [-0.3, -0.25) is 4.72 Å². The molecule has 2 aromatic rings. The Kier molecular flexibility index (Phi) is 5.30. The molecular formula is C18H20FN3S. The highest BCUT2D eigenvalue weighted by atomic mass is 32.2. The van der Waals surface area contributed by atoms with Crippen LogP contribution in [0.5, 0.6) is 0 Å². The van der Waals surface area contributed by atoms with E-state index in [9.17, 15) is 4.39 Å². The lowest BCUT2D eigenvalue weighted by Gasteiger charge is -2.25. The minimum absolute atomic E-state index is 0.0106. The van der Waals surface area contributed by atoms with Gasteiger partial charge in [-0.15, -0.1) is 0 Å². The van der Waals surface area contributed by atoms with E-state index in [1.165, 1.54) is 6.07 Å². The first-order valence-electron chi connectivity index (χ1n) is 7.28. The normalized spacial score (nSPS) is 12.7. The third-order valence-electron chi connectivity index (χ3n) is 3.19. The number of hydrogen-bond acceptors (Lipinski definition) is 4. The van der Waals surface area contributed by atoms with Crippen molar-refractivity contribution in [1.82, 2.24) is 4.72 Å². The summed E-state index contributed by atoms with van der Waals surface area (Å²) < 4.78 is 16.9. The number of anilines is 1. The van der Waals surface area contributed by atoms with Gasteiger partial charge in [0, 0.05) is 4.75 Å². The highest BCUT2D eigenvalue weighted by Gasteiger charge is 2.19. The molecule has 120 valence electrons. The molecule has 0 aliphatic rings. The van der Waals surface area contributed by atoms with Crippen LogP contribution in [-0.2, 0) is 0 Å². The predicted molar refractivity (Wildman–Crippen MR) is 94.3 cm³/mol. The maximum absolute atomic E-state index is 13.5. The van der Waals surface area contributed by atoms with Crippen LogP contribution in [0.3, 0.4) is 0 Å². The van der Waals surface area contributed by atoms with E-state index in [-0.39, 0.29) is 16.5 Å². The van der Waals surface area contributed by atoms with Crippen molar-refractivity contribution in [2.45, 2.75) is 31.6 Å². The van der Waals surface area contributed by atoms with Crippen LogP contribution in [-0.4, -0.2) is 4.75 Å². The highest BCUT2D eigenvalue weighted by Crippen LogP contribution is 2.30. The Morgan fingerprint density at radius 3 is 2.48 bits per heavy atom. The lowest BCUT2D eigenvalue weighted by molar-refractivity contribution is 0.630. The number of nitrogens with two attached hydrogens (primary N) is 1. The summed E-state index contributed by atoms with van der Waals surface area (Å²) >= 11 is 1.59. The zero-order chi connectivity index (χ0) is 17.0. The Morgan fingerprint density at radius 1 is 1.17 bits per heavy atom. The van der Waals surface area contributed by atoms with Gasteiger partial charge in [0.2, 0.25) is 0 Å². The van der Waals surface area contributed by atoms with E-state index in [0.29, 0.717) is 5.56 Å². The van der Waals surface area contributed by atoms with Crippen LogP contribution in [0.15, 0.2) is 42.5 Å². The largest absolute Gasteiger partial charge is 0.396 e. The first-order valence-corrected chi connectivity index (χ1v) is 8.10. The molecule has 0 radical (unpaired) electrons.